The second-order valence-corrected chi connectivity index (χ2v) is 5.59. The predicted octanol–water partition coefficient (Wildman–Crippen LogP) is 1.23. The number of pyridine rings is 1. The van der Waals surface area contributed by atoms with Crippen LogP contribution in [0.25, 0.3) is 11.1 Å². The molecular formula is C15H18N4O3. The van der Waals surface area contributed by atoms with Gasteiger partial charge in [0.05, 0.1) is 16.6 Å². The molecule has 2 aromatic heterocycles. The van der Waals surface area contributed by atoms with Gasteiger partial charge in [-0.15, -0.1) is 0 Å². The van der Waals surface area contributed by atoms with Gasteiger partial charge in [0.2, 0.25) is 5.91 Å². The number of likely N-dealkylation sites (tertiary alicyclic amines) is 1. The van der Waals surface area contributed by atoms with E-state index in [9.17, 15) is 9.59 Å². The fraction of sp³-hybridized carbons (Fsp3) is 0.467. The van der Waals surface area contributed by atoms with Crippen molar-refractivity contribution in [3.05, 3.63) is 23.0 Å². The molecule has 0 saturated carbocycles. The Balaban J connectivity index is 2.08. The quantitative estimate of drug-likeness (QED) is 0.901. The third-order valence-corrected chi connectivity index (χ3v) is 4.09. The maximum absolute atomic E-state index is 12.1. The number of amides is 2. The summed E-state index contributed by atoms with van der Waals surface area (Å²) in [5, 5.41) is 7.42. The van der Waals surface area contributed by atoms with Gasteiger partial charge in [0.1, 0.15) is 0 Å². The lowest BCUT2D eigenvalue weighted by molar-refractivity contribution is -0.127. The van der Waals surface area contributed by atoms with Crippen molar-refractivity contribution in [1.29, 1.82) is 0 Å². The summed E-state index contributed by atoms with van der Waals surface area (Å²) in [7, 11) is 1.59. The largest absolute Gasteiger partial charge is 0.355 e. The number of nitrogens with zero attached hydrogens (tertiary/aromatic N) is 3. The number of nitrogens with one attached hydrogen (secondary N) is 1. The van der Waals surface area contributed by atoms with E-state index in [-0.39, 0.29) is 17.7 Å². The van der Waals surface area contributed by atoms with E-state index in [4.69, 9.17) is 4.52 Å². The topological polar surface area (TPSA) is 88.3 Å². The molecule has 0 radical (unpaired) electrons. The van der Waals surface area contributed by atoms with Gasteiger partial charge in [-0.1, -0.05) is 5.16 Å². The third kappa shape index (κ3) is 2.32. The van der Waals surface area contributed by atoms with Gasteiger partial charge in [0, 0.05) is 38.7 Å². The van der Waals surface area contributed by atoms with Gasteiger partial charge in [-0.25, -0.2) is 4.98 Å². The van der Waals surface area contributed by atoms with Crippen LogP contribution in [0.4, 0.5) is 0 Å². The van der Waals surface area contributed by atoms with E-state index in [0.29, 0.717) is 41.1 Å². The monoisotopic (exact) mass is 302 g/mol. The number of hydrogen-bond acceptors (Lipinski definition) is 5. The van der Waals surface area contributed by atoms with E-state index < -0.39 is 0 Å². The molecule has 0 aliphatic carbocycles. The predicted molar refractivity (Wildman–Crippen MR) is 79.5 cm³/mol. The van der Waals surface area contributed by atoms with Gasteiger partial charge in [-0.3, -0.25) is 9.59 Å². The first-order valence-electron chi connectivity index (χ1n) is 7.25. The summed E-state index contributed by atoms with van der Waals surface area (Å²) in [6.07, 6.45) is 0.808. The molecule has 0 spiro atoms. The van der Waals surface area contributed by atoms with E-state index in [1.165, 1.54) is 0 Å². The highest BCUT2D eigenvalue weighted by Gasteiger charge is 2.31. The molecule has 0 bridgehead atoms. The summed E-state index contributed by atoms with van der Waals surface area (Å²) < 4.78 is 5.33. The maximum atomic E-state index is 12.1. The van der Waals surface area contributed by atoms with Gasteiger partial charge in [-0.2, -0.15) is 0 Å². The average Bonchev–Trinajstić information content (AvgIpc) is 3.11. The number of carbonyl (C=O) groups is 2. The molecule has 2 amide bonds. The van der Waals surface area contributed by atoms with E-state index >= 15 is 0 Å². The van der Waals surface area contributed by atoms with Gasteiger partial charge in [0.25, 0.3) is 11.6 Å². The van der Waals surface area contributed by atoms with E-state index in [0.717, 1.165) is 6.42 Å². The molecular weight excluding hydrogens is 284 g/mol. The summed E-state index contributed by atoms with van der Waals surface area (Å²) in [6.45, 7) is 4.66. The van der Waals surface area contributed by atoms with Gasteiger partial charge in [0.15, 0.2) is 0 Å². The van der Waals surface area contributed by atoms with Crippen molar-refractivity contribution in [2.45, 2.75) is 26.2 Å². The van der Waals surface area contributed by atoms with Crippen molar-refractivity contribution in [1.82, 2.24) is 20.4 Å². The minimum Gasteiger partial charge on any atom is -0.355 e. The number of fused-ring (bicyclic) bond motifs is 1. The van der Waals surface area contributed by atoms with Crippen molar-refractivity contribution in [2.75, 3.05) is 20.1 Å². The number of carbonyl (C=O) groups excluding carboxylic acids is 2. The molecule has 22 heavy (non-hydrogen) atoms. The van der Waals surface area contributed by atoms with Crippen LogP contribution in [0.3, 0.4) is 0 Å². The molecule has 2 aromatic rings. The Labute approximate surface area is 127 Å². The zero-order valence-electron chi connectivity index (χ0n) is 12.8. The Morgan fingerprint density at radius 1 is 1.45 bits per heavy atom. The maximum Gasteiger partial charge on any atom is 0.259 e. The van der Waals surface area contributed by atoms with E-state index in [2.05, 4.69) is 15.5 Å². The molecule has 116 valence electrons. The normalized spacial score (nSPS) is 18.0. The highest BCUT2D eigenvalue weighted by molar-refractivity contribution is 6.06. The van der Waals surface area contributed by atoms with Crippen LogP contribution in [0.2, 0.25) is 0 Å². The molecule has 1 N–H and O–H groups in total. The molecule has 1 aliphatic heterocycles. The van der Waals surface area contributed by atoms with Gasteiger partial charge in [-0.05, 0) is 19.4 Å². The molecule has 1 saturated heterocycles. The van der Waals surface area contributed by atoms with Crippen molar-refractivity contribution < 1.29 is 14.1 Å². The molecule has 1 fully saturated rings. The zero-order valence-corrected chi connectivity index (χ0v) is 12.8. The number of rotatable bonds is 2. The lowest BCUT2D eigenvalue weighted by Gasteiger charge is -2.13. The van der Waals surface area contributed by atoms with Crippen molar-refractivity contribution in [3.63, 3.8) is 0 Å². The van der Waals surface area contributed by atoms with Crippen LogP contribution in [0, 0.1) is 6.92 Å². The Kier molecular flexibility index (Phi) is 3.56. The van der Waals surface area contributed by atoms with Crippen LogP contribution >= 0.6 is 0 Å². The second-order valence-electron chi connectivity index (χ2n) is 5.59. The minimum atomic E-state index is -0.193. The van der Waals surface area contributed by atoms with E-state index in [1.54, 1.807) is 31.9 Å². The number of aromatic nitrogens is 2. The first-order chi connectivity index (χ1) is 10.5. The lowest BCUT2D eigenvalue weighted by Crippen LogP contribution is -2.25. The first-order valence-corrected chi connectivity index (χ1v) is 7.25. The van der Waals surface area contributed by atoms with Crippen LogP contribution in [-0.4, -0.2) is 47.0 Å². The van der Waals surface area contributed by atoms with Crippen LogP contribution in [0.1, 0.15) is 41.0 Å². The Morgan fingerprint density at radius 3 is 2.86 bits per heavy atom. The van der Waals surface area contributed by atoms with Gasteiger partial charge >= 0.3 is 0 Å². The molecule has 7 nitrogen and oxygen atoms in total. The molecule has 1 atom stereocenters. The van der Waals surface area contributed by atoms with Crippen LogP contribution < -0.4 is 5.32 Å². The van der Waals surface area contributed by atoms with Gasteiger partial charge < -0.3 is 14.7 Å². The van der Waals surface area contributed by atoms with E-state index in [1.807, 2.05) is 0 Å². The highest BCUT2D eigenvalue weighted by atomic mass is 16.5. The van der Waals surface area contributed by atoms with Crippen molar-refractivity contribution in [2.24, 2.45) is 0 Å². The molecule has 1 aliphatic rings. The van der Waals surface area contributed by atoms with Crippen LogP contribution in [0.15, 0.2) is 10.6 Å². The smallest absolute Gasteiger partial charge is 0.259 e. The minimum absolute atomic E-state index is 0.0517. The summed E-state index contributed by atoms with van der Waals surface area (Å²) in [4.78, 5) is 29.7. The fourth-order valence-electron chi connectivity index (χ4n) is 2.96. The lowest BCUT2D eigenvalue weighted by atomic mass is 9.99. The summed E-state index contributed by atoms with van der Waals surface area (Å²) in [5.41, 5.74) is 2.30. The second kappa shape index (κ2) is 5.40. The van der Waals surface area contributed by atoms with Crippen molar-refractivity contribution in [3.8, 4) is 0 Å². The standard InChI is InChI=1S/C15H18N4O3/c1-8-6-11(14(21)16-3)12-13(18-22-15(12)17-8)10-4-5-19(7-10)9(2)20/h6,10H,4-5,7H2,1-3H3,(H,16,21). The Morgan fingerprint density at radius 2 is 2.23 bits per heavy atom. The summed E-state index contributed by atoms with van der Waals surface area (Å²) in [6, 6.07) is 1.74. The fourth-order valence-corrected chi connectivity index (χ4v) is 2.96. The summed E-state index contributed by atoms with van der Waals surface area (Å²) in [5.74, 6) is -0.0739. The number of hydrogen-bond donors (Lipinski definition) is 1. The molecule has 0 aromatic carbocycles. The van der Waals surface area contributed by atoms with Crippen molar-refractivity contribution >= 4 is 22.9 Å². The molecule has 3 heterocycles. The Hall–Kier alpha value is -2.44. The third-order valence-electron chi connectivity index (χ3n) is 4.09. The summed E-state index contributed by atoms with van der Waals surface area (Å²) >= 11 is 0. The molecule has 1 unspecified atom stereocenters. The first kappa shape index (κ1) is 14.5. The molecule has 3 rings (SSSR count). The number of aryl methyl sites for hydroxylation is 1. The zero-order chi connectivity index (χ0) is 15.9. The van der Waals surface area contributed by atoms with Crippen LogP contribution in [-0.2, 0) is 4.79 Å². The van der Waals surface area contributed by atoms with Crippen LogP contribution in [0.5, 0.6) is 0 Å². The average molecular weight is 302 g/mol. The Bertz CT molecular complexity index is 753. The highest BCUT2D eigenvalue weighted by Crippen LogP contribution is 2.33. The SMILES string of the molecule is CNC(=O)c1cc(C)nc2onc(C3CCN(C(C)=O)C3)c12. The molecule has 7 heteroatoms.